The van der Waals surface area contributed by atoms with E-state index in [1.54, 1.807) is 6.92 Å². The predicted molar refractivity (Wildman–Crippen MR) is 105 cm³/mol. The summed E-state index contributed by atoms with van der Waals surface area (Å²) in [7, 11) is 0. The van der Waals surface area contributed by atoms with E-state index < -0.39 is 0 Å². The second kappa shape index (κ2) is 17.0. The molecule has 0 bridgehead atoms. The van der Waals surface area contributed by atoms with Crippen LogP contribution in [0.25, 0.3) is 0 Å². The second-order valence-electron chi connectivity index (χ2n) is 6.69. The SMILES string of the molecule is C=C(C)C(=O)N(CCNCCCCCC)CCNCCCCCC. The molecule has 4 nitrogen and oxygen atoms in total. The third-order valence-corrected chi connectivity index (χ3v) is 4.18. The van der Waals surface area contributed by atoms with Gasteiger partial charge in [-0.2, -0.15) is 0 Å². The number of nitrogens with one attached hydrogen (secondary N) is 2. The van der Waals surface area contributed by atoms with E-state index in [0.717, 1.165) is 39.3 Å². The number of amides is 1. The molecular weight excluding hydrogens is 298 g/mol. The van der Waals surface area contributed by atoms with E-state index >= 15 is 0 Å². The van der Waals surface area contributed by atoms with Crippen LogP contribution in [0.2, 0.25) is 0 Å². The number of carbonyl (C=O) groups is 1. The maximum absolute atomic E-state index is 12.2. The average Bonchev–Trinajstić information content (AvgIpc) is 2.57. The molecule has 0 atom stereocenters. The summed E-state index contributed by atoms with van der Waals surface area (Å²) in [6.07, 6.45) is 10.2. The lowest BCUT2D eigenvalue weighted by atomic mass is 10.2. The molecule has 24 heavy (non-hydrogen) atoms. The Morgan fingerprint density at radius 3 is 1.62 bits per heavy atom. The Morgan fingerprint density at radius 2 is 1.25 bits per heavy atom. The molecule has 0 aromatic rings. The molecule has 142 valence electrons. The Balaban J connectivity index is 3.86. The Bertz CT molecular complexity index is 300. The first-order valence-corrected chi connectivity index (χ1v) is 9.99. The number of hydrogen-bond donors (Lipinski definition) is 2. The van der Waals surface area contributed by atoms with Crippen molar-refractivity contribution >= 4 is 5.91 Å². The van der Waals surface area contributed by atoms with E-state index in [1.807, 2.05) is 4.90 Å². The van der Waals surface area contributed by atoms with Crippen molar-refractivity contribution in [1.29, 1.82) is 0 Å². The van der Waals surface area contributed by atoms with Crippen molar-refractivity contribution in [2.24, 2.45) is 0 Å². The maximum atomic E-state index is 12.2. The summed E-state index contributed by atoms with van der Waals surface area (Å²) in [5.41, 5.74) is 0.626. The molecule has 2 N–H and O–H groups in total. The van der Waals surface area contributed by atoms with Crippen molar-refractivity contribution in [2.45, 2.75) is 72.1 Å². The summed E-state index contributed by atoms with van der Waals surface area (Å²) in [4.78, 5) is 14.1. The van der Waals surface area contributed by atoms with Crippen LogP contribution in [0.3, 0.4) is 0 Å². The number of unbranched alkanes of at least 4 members (excludes halogenated alkanes) is 6. The second-order valence-corrected chi connectivity index (χ2v) is 6.69. The van der Waals surface area contributed by atoms with Gasteiger partial charge in [-0.15, -0.1) is 0 Å². The van der Waals surface area contributed by atoms with Gasteiger partial charge in [0.1, 0.15) is 0 Å². The fraction of sp³-hybridized carbons (Fsp3) is 0.850. The quantitative estimate of drug-likeness (QED) is 0.313. The average molecular weight is 340 g/mol. The van der Waals surface area contributed by atoms with Gasteiger partial charge in [0.2, 0.25) is 5.91 Å². The van der Waals surface area contributed by atoms with E-state index in [-0.39, 0.29) is 5.91 Å². The number of carbonyl (C=O) groups excluding carboxylic acids is 1. The molecule has 0 aliphatic carbocycles. The molecule has 0 saturated carbocycles. The molecule has 0 aromatic heterocycles. The fourth-order valence-corrected chi connectivity index (χ4v) is 2.62. The summed E-state index contributed by atoms with van der Waals surface area (Å²) >= 11 is 0. The van der Waals surface area contributed by atoms with Gasteiger partial charge in [-0.25, -0.2) is 0 Å². The van der Waals surface area contributed by atoms with Gasteiger partial charge in [0.25, 0.3) is 0 Å². The molecule has 0 saturated heterocycles. The van der Waals surface area contributed by atoms with E-state index in [0.29, 0.717) is 5.57 Å². The summed E-state index contributed by atoms with van der Waals surface area (Å²) < 4.78 is 0. The lowest BCUT2D eigenvalue weighted by molar-refractivity contribution is -0.127. The summed E-state index contributed by atoms with van der Waals surface area (Å²) in [5.74, 6) is 0.0792. The summed E-state index contributed by atoms with van der Waals surface area (Å²) in [6, 6.07) is 0. The first kappa shape index (κ1) is 23.1. The molecule has 0 spiro atoms. The van der Waals surface area contributed by atoms with Gasteiger partial charge in [-0.1, -0.05) is 59.0 Å². The van der Waals surface area contributed by atoms with Crippen molar-refractivity contribution in [3.05, 3.63) is 12.2 Å². The molecule has 1 amide bonds. The molecule has 0 aliphatic rings. The summed E-state index contributed by atoms with van der Waals surface area (Å²) in [5, 5.41) is 6.90. The maximum Gasteiger partial charge on any atom is 0.248 e. The zero-order valence-corrected chi connectivity index (χ0v) is 16.5. The minimum atomic E-state index is 0.0792. The highest BCUT2D eigenvalue weighted by Gasteiger charge is 2.12. The van der Waals surface area contributed by atoms with E-state index in [1.165, 1.54) is 51.4 Å². The third-order valence-electron chi connectivity index (χ3n) is 4.18. The minimum Gasteiger partial charge on any atom is -0.336 e. The smallest absolute Gasteiger partial charge is 0.248 e. The highest BCUT2D eigenvalue weighted by molar-refractivity contribution is 5.92. The van der Waals surface area contributed by atoms with Gasteiger partial charge in [-0.3, -0.25) is 4.79 Å². The van der Waals surface area contributed by atoms with Gasteiger partial charge in [0, 0.05) is 31.8 Å². The molecular formula is C20H41N3O. The van der Waals surface area contributed by atoms with Crippen molar-refractivity contribution in [2.75, 3.05) is 39.3 Å². The van der Waals surface area contributed by atoms with Crippen LogP contribution in [-0.4, -0.2) is 50.1 Å². The van der Waals surface area contributed by atoms with Crippen LogP contribution in [0.15, 0.2) is 12.2 Å². The fourth-order valence-electron chi connectivity index (χ4n) is 2.62. The molecule has 0 aromatic carbocycles. The van der Waals surface area contributed by atoms with E-state index in [2.05, 4.69) is 31.1 Å². The third kappa shape index (κ3) is 13.6. The monoisotopic (exact) mass is 339 g/mol. The zero-order valence-electron chi connectivity index (χ0n) is 16.5. The summed E-state index contributed by atoms with van der Waals surface area (Å²) in [6.45, 7) is 15.4. The minimum absolute atomic E-state index is 0.0792. The molecule has 0 heterocycles. The van der Waals surface area contributed by atoms with Crippen LogP contribution in [0.5, 0.6) is 0 Å². The van der Waals surface area contributed by atoms with Gasteiger partial charge < -0.3 is 15.5 Å². The predicted octanol–water partition coefficient (Wildman–Crippen LogP) is 3.73. The first-order chi connectivity index (χ1) is 11.6. The van der Waals surface area contributed by atoms with Crippen LogP contribution in [0.1, 0.15) is 72.1 Å². The topological polar surface area (TPSA) is 44.4 Å². The number of rotatable bonds is 17. The van der Waals surface area contributed by atoms with E-state index in [9.17, 15) is 4.79 Å². The zero-order chi connectivity index (χ0) is 18.0. The highest BCUT2D eigenvalue weighted by atomic mass is 16.2. The van der Waals surface area contributed by atoms with Gasteiger partial charge >= 0.3 is 0 Å². The van der Waals surface area contributed by atoms with Crippen LogP contribution >= 0.6 is 0 Å². The normalized spacial score (nSPS) is 10.8. The van der Waals surface area contributed by atoms with Crippen LogP contribution in [0.4, 0.5) is 0 Å². The van der Waals surface area contributed by atoms with Crippen LogP contribution in [-0.2, 0) is 4.79 Å². The molecule has 0 unspecified atom stereocenters. The molecule has 4 heteroatoms. The van der Waals surface area contributed by atoms with Crippen LogP contribution < -0.4 is 10.6 Å². The number of nitrogens with zero attached hydrogens (tertiary/aromatic N) is 1. The van der Waals surface area contributed by atoms with Crippen molar-refractivity contribution < 1.29 is 4.79 Å². The molecule has 0 fully saturated rings. The number of hydrogen-bond acceptors (Lipinski definition) is 3. The first-order valence-electron chi connectivity index (χ1n) is 9.99. The van der Waals surface area contributed by atoms with Crippen molar-refractivity contribution in [3.63, 3.8) is 0 Å². The molecule has 0 radical (unpaired) electrons. The lowest BCUT2D eigenvalue weighted by Gasteiger charge is -2.23. The van der Waals surface area contributed by atoms with Crippen molar-refractivity contribution in [3.8, 4) is 0 Å². The molecule has 0 aliphatic heterocycles. The largest absolute Gasteiger partial charge is 0.336 e. The lowest BCUT2D eigenvalue weighted by Crippen LogP contribution is -2.41. The van der Waals surface area contributed by atoms with Gasteiger partial charge in [0.15, 0.2) is 0 Å². The highest BCUT2D eigenvalue weighted by Crippen LogP contribution is 2.00. The van der Waals surface area contributed by atoms with Gasteiger partial charge in [0.05, 0.1) is 0 Å². The molecule has 0 rings (SSSR count). The van der Waals surface area contributed by atoms with E-state index in [4.69, 9.17) is 0 Å². The standard InChI is InChI=1S/C20H41N3O/c1-5-7-9-11-13-21-15-17-23(20(24)19(3)4)18-16-22-14-12-10-8-6-2/h21-22H,3,5-18H2,1-2,4H3. The Labute approximate surface area is 150 Å². The Hall–Kier alpha value is -0.870. The Morgan fingerprint density at radius 1 is 0.792 bits per heavy atom. The van der Waals surface area contributed by atoms with Crippen molar-refractivity contribution in [1.82, 2.24) is 15.5 Å². The van der Waals surface area contributed by atoms with Gasteiger partial charge in [-0.05, 0) is 32.9 Å². The Kier molecular flexibility index (Phi) is 16.4. The van der Waals surface area contributed by atoms with Crippen LogP contribution in [0, 0.1) is 0 Å².